The first kappa shape index (κ1) is 18.2. The number of carbonyl (C=O) groups excluding carboxylic acids is 1. The maximum absolute atomic E-state index is 12.9. The molecule has 25 heavy (non-hydrogen) atoms. The lowest BCUT2D eigenvalue weighted by Crippen LogP contribution is -2.47. The molecule has 0 aromatic heterocycles. The number of nitrogens with one attached hydrogen (secondary N) is 1. The van der Waals surface area contributed by atoms with Crippen LogP contribution in [0.25, 0.3) is 0 Å². The Labute approximate surface area is 151 Å². The van der Waals surface area contributed by atoms with Crippen molar-refractivity contribution in [2.24, 2.45) is 5.92 Å². The zero-order chi connectivity index (χ0) is 17.9. The summed E-state index contributed by atoms with van der Waals surface area (Å²) in [5.41, 5.74) is 1.19. The number of methoxy groups -OCH3 is 1. The van der Waals surface area contributed by atoms with Gasteiger partial charge in [-0.15, -0.1) is 0 Å². The molecule has 1 amide bonds. The molecule has 0 radical (unpaired) electrons. The van der Waals surface area contributed by atoms with Crippen LogP contribution in [0.2, 0.25) is 0 Å². The third-order valence-corrected chi connectivity index (χ3v) is 5.79. The lowest BCUT2D eigenvalue weighted by molar-refractivity contribution is -0.143. The fourth-order valence-electron chi connectivity index (χ4n) is 4.28. The van der Waals surface area contributed by atoms with Gasteiger partial charge in [-0.25, -0.2) is 0 Å². The van der Waals surface area contributed by atoms with Crippen LogP contribution >= 0.6 is 0 Å². The van der Waals surface area contributed by atoms with Gasteiger partial charge in [0, 0.05) is 12.8 Å². The van der Waals surface area contributed by atoms with Crippen molar-refractivity contribution < 1.29 is 14.3 Å². The third-order valence-electron chi connectivity index (χ3n) is 5.79. The summed E-state index contributed by atoms with van der Waals surface area (Å²) in [6.45, 7) is 4.23. The Balaban J connectivity index is 1.67. The average Bonchev–Trinajstić information content (AvgIpc) is 3.10. The molecule has 4 nitrogen and oxygen atoms in total. The van der Waals surface area contributed by atoms with Gasteiger partial charge in [0.1, 0.15) is 11.4 Å². The number of rotatable bonds is 5. The third kappa shape index (κ3) is 4.17. The van der Waals surface area contributed by atoms with E-state index in [1.165, 1.54) is 19.3 Å². The van der Waals surface area contributed by atoms with Crippen molar-refractivity contribution >= 4 is 11.6 Å². The van der Waals surface area contributed by atoms with Gasteiger partial charge in [0.25, 0.3) is 5.91 Å². The molecule has 2 unspecified atom stereocenters. The van der Waals surface area contributed by atoms with Gasteiger partial charge in [-0.1, -0.05) is 13.3 Å². The molecule has 0 saturated heterocycles. The highest BCUT2D eigenvalue weighted by atomic mass is 16.5. The lowest BCUT2D eigenvalue weighted by atomic mass is 9.78. The van der Waals surface area contributed by atoms with Crippen molar-refractivity contribution in [3.8, 4) is 5.75 Å². The molecule has 2 aliphatic rings. The number of hydrogen-bond donors (Lipinski definition) is 1. The highest BCUT2D eigenvalue weighted by Gasteiger charge is 2.42. The van der Waals surface area contributed by atoms with Crippen LogP contribution in [-0.4, -0.2) is 24.7 Å². The Hall–Kier alpha value is -1.55. The molecule has 2 aliphatic carbocycles. The van der Waals surface area contributed by atoms with E-state index < -0.39 is 5.60 Å². The molecular formula is C21H31NO3. The fourth-order valence-corrected chi connectivity index (χ4v) is 4.28. The summed E-state index contributed by atoms with van der Waals surface area (Å²) in [6, 6.07) is 5.91. The molecule has 138 valence electrons. The van der Waals surface area contributed by atoms with Crippen molar-refractivity contribution in [3.05, 3.63) is 23.8 Å². The SMILES string of the molecule is COC1(C(=O)Nc2ccc(OC3CCCC3)c(C)c2)CCCC(C)C1. The zero-order valence-corrected chi connectivity index (χ0v) is 15.8. The Bertz CT molecular complexity index is 609. The van der Waals surface area contributed by atoms with E-state index in [0.29, 0.717) is 12.0 Å². The molecule has 0 bridgehead atoms. The smallest absolute Gasteiger partial charge is 0.256 e. The van der Waals surface area contributed by atoms with E-state index >= 15 is 0 Å². The number of amides is 1. The molecule has 1 aromatic rings. The van der Waals surface area contributed by atoms with Crippen LogP contribution in [0.5, 0.6) is 5.75 Å². The Morgan fingerprint density at radius 3 is 2.60 bits per heavy atom. The van der Waals surface area contributed by atoms with Gasteiger partial charge in [-0.3, -0.25) is 4.79 Å². The second-order valence-corrected chi connectivity index (χ2v) is 7.86. The highest BCUT2D eigenvalue weighted by molar-refractivity contribution is 5.97. The molecule has 2 saturated carbocycles. The normalized spacial score (nSPS) is 27.2. The first-order valence-corrected chi connectivity index (χ1v) is 9.66. The molecule has 0 heterocycles. The van der Waals surface area contributed by atoms with Crippen molar-refractivity contribution in [2.45, 2.75) is 76.9 Å². The van der Waals surface area contributed by atoms with Crippen LogP contribution in [0, 0.1) is 12.8 Å². The summed E-state index contributed by atoms with van der Waals surface area (Å²) < 4.78 is 11.8. The molecule has 2 atom stereocenters. The molecule has 4 heteroatoms. The van der Waals surface area contributed by atoms with Crippen molar-refractivity contribution in [2.75, 3.05) is 12.4 Å². The molecular weight excluding hydrogens is 314 g/mol. The number of aryl methyl sites for hydroxylation is 1. The summed E-state index contributed by atoms with van der Waals surface area (Å²) >= 11 is 0. The Morgan fingerprint density at radius 2 is 1.96 bits per heavy atom. The molecule has 0 aliphatic heterocycles. The van der Waals surface area contributed by atoms with E-state index in [1.807, 2.05) is 25.1 Å². The maximum Gasteiger partial charge on any atom is 0.256 e. The second kappa shape index (κ2) is 7.77. The minimum absolute atomic E-state index is 0.0228. The predicted molar refractivity (Wildman–Crippen MR) is 100 cm³/mol. The van der Waals surface area contributed by atoms with E-state index in [0.717, 1.165) is 49.1 Å². The van der Waals surface area contributed by atoms with E-state index in [-0.39, 0.29) is 5.91 Å². The van der Waals surface area contributed by atoms with Crippen LogP contribution in [0.15, 0.2) is 18.2 Å². The first-order chi connectivity index (χ1) is 12.0. The van der Waals surface area contributed by atoms with Gasteiger partial charge in [-0.2, -0.15) is 0 Å². The standard InChI is InChI=1S/C21H31NO3/c1-15-7-6-12-21(14-15,24-3)20(23)22-17-10-11-19(16(2)13-17)25-18-8-4-5-9-18/h10-11,13,15,18H,4-9,12,14H2,1-3H3,(H,22,23). The van der Waals surface area contributed by atoms with Gasteiger partial charge in [0.15, 0.2) is 0 Å². The summed E-state index contributed by atoms with van der Waals surface area (Å²) in [5, 5.41) is 3.07. The predicted octanol–water partition coefficient (Wildman–Crippen LogP) is 4.85. The Morgan fingerprint density at radius 1 is 1.20 bits per heavy atom. The van der Waals surface area contributed by atoms with Crippen LogP contribution in [0.1, 0.15) is 63.9 Å². The number of anilines is 1. The van der Waals surface area contributed by atoms with E-state index in [9.17, 15) is 4.79 Å². The van der Waals surface area contributed by atoms with Crippen molar-refractivity contribution in [1.82, 2.24) is 0 Å². The quantitative estimate of drug-likeness (QED) is 0.830. The fraction of sp³-hybridized carbons (Fsp3) is 0.667. The lowest BCUT2D eigenvalue weighted by Gasteiger charge is -2.37. The van der Waals surface area contributed by atoms with Crippen LogP contribution in [-0.2, 0) is 9.53 Å². The number of benzene rings is 1. The van der Waals surface area contributed by atoms with E-state index in [4.69, 9.17) is 9.47 Å². The second-order valence-electron chi connectivity index (χ2n) is 7.86. The van der Waals surface area contributed by atoms with Gasteiger partial charge in [0.2, 0.25) is 0 Å². The van der Waals surface area contributed by atoms with E-state index in [2.05, 4.69) is 12.2 Å². The van der Waals surface area contributed by atoms with Crippen LogP contribution in [0.4, 0.5) is 5.69 Å². The van der Waals surface area contributed by atoms with E-state index in [1.54, 1.807) is 7.11 Å². The largest absolute Gasteiger partial charge is 0.490 e. The summed E-state index contributed by atoms with van der Waals surface area (Å²) in [4.78, 5) is 12.9. The number of carbonyl (C=O) groups is 1. The van der Waals surface area contributed by atoms with Crippen LogP contribution < -0.4 is 10.1 Å². The minimum atomic E-state index is -0.690. The Kier molecular flexibility index (Phi) is 5.67. The average molecular weight is 345 g/mol. The molecule has 1 N–H and O–H groups in total. The molecule has 0 spiro atoms. The monoisotopic (exact) mass is 345 g/mol. The minimum Gasteiger partial charge on any atom is -0.490 e. The highest BCUT2D eigenvalue weighted by Crippen LogP contribution is 2.36. The summed E-state index contributed by atoms with van der Waals surface area (Å²) in [5.74, 6) is 1.42. The van der Waals surface area contributed by atoms with Gasteiger partial charge in [0.05, 0.1) is 6.10 Å². The van der Waals surface area contributed by atoms with Crippen LogP contribution in [0.3, 0.4) is 0 Å². The molecule has 1 aromatic carbocycles. The summed E-state index contributed by atoms with van der Waals surface area (Å²) in [7, 11) is 1.65. The first-order valence-electron chi connectivity index (χ1n) is 9.66. The number of ether oxygens (including phenoxy) is 2. The zero-order valence-electron chi connectivity index (χ0n) is 15.8. The van der Waals surface area contributed by atoms with Crippen molar-refractivity contribution in [1.29, 1.82) is 0 Å². The van der Waals surface area contributed by atoms with Crippen molar-refractivity contribution in [3.63, 3.8) is 0 Å². The summed E-state index contributed by atoms with van der Waals surface area (Å²) in [6.07, 6.45) is 8.95. The van der Waals surface area contributed by atoms with Gasteiger partial charge < -0.3 is 14.8 Å². The maximum atomic E-state index is 12.9. The molecule has 2 fully saturated rings. The molecule has 3 rings (SSSR count). The van der Waals surface area contributed by atoms with Gasteiger partial charge in [-0.05, 0) is 81.5 Å². The number of hydrogen-bond acceptors (Lipinski definition) is 3. The topological polar surface area (TPSA) is 47.6 Å². The van der Waals surface area contributed by atoms with Gasteiger partial charge >= 0.3 is 0 Å².